The molecule has 0 aliphatic carbocycles. The average Bonchev–Trinajstić information content (AvgIpc) is 2.91. The summed E-state index contributed by atoms with van der Waals surface area (Å²) in [6.07, 6.45) is 5.29. The van der Waals surface area contributed by atoms with Crippen LogP contribution in [0.4, 0.5) is 4.39 Å². The largest absolute Gasteiger partial charge is 0.497 e. The van der Waals surface area contributed by atoms with E-state index in [-0.39, 0.29) is 12.3 Å². The lowest BCUT2D eigenvalue weighted by Crippen LogP contribution is -2.41. The molecule has 1 N–H and O–H groups in total. The SMILES string of the molecule is COc1ccc2nccc([C@H](F)CC[C@@H]3CCN(CCSc4ccccn4)C[C@H]3CCC(=O)O)c2c1. The van der Waals surface area contributed by atoms with Crippen molar-refractivity contribution in [3.63, 3.8) is 0 Å². The zero-order valence-corrected chi connectivity index (χ0v) is 21.5. The smallest absolute Gasteiger partial charge is 0.303 e. The van der Waals surface area contributed by atoms with Crippen LogP contribution in [0.25, 0.3) is 10.9 Å². The number of aliphatic carboxylic acids is 1. The molecule has 3 heterocycles. The van der Waals surface area contributed by atoms with Crippen molar-refractivity contribution in [3.05, 3.63) is 60.4 Å². The highest BCUT2D eigenvalue weighted by Crippen LogP contribution is 2.36. The molecule has 3 atom stereocenters. The monoisotopic (exact) mass is 511 g/mol. The molecule has 0 spiro atoms. The number of likely N-dealkylation sites (tertiary alicyclic amines) is 1. The molecule has 0 radical (unpaired) electrons. The molecule has 6 nitrogen and oxygen atoms in total. The number of ether oxygens (including phenoxy) is 1. The first kappa shape index (κ1) is 26.4. The number of carboxylic acid groups (broad SMARTS) is 1. The number of thioether (sulfide) groups is 1. The lowest BCUT2D eigenvalue weighted by Gasteiger charge is -2.39. The van der Waals surface area contributed by atoms with E-state index in [4.69, 9.17) is 4.74 Å². The molecule has 1 aromatic carbocycles. The molecule has 1 aliphatic rings. The van der Waals surface area contributed by atoms with Crippen molar-refractivity contribution in [2.24, 2.45) is 11.8 Å². The van der Waals surface area contributed by atoms with Gasteiger partial charge in [0.25, 0.3) is 0 Å². The summed E-state index contributed by atoms with van der Waals surface area (Å²) >= 11 is 1.74. The predicted octanol–water partition coefficient (Wildman–Crippen LogP) is 6.02. The van der Waals surface area contributed by atoms with Crippen LogP contribution >= 0.6 is 11.8 Å². The first-order chi connectivity index (χ1) is 17.5. The number of halogens is 1. The lowest BCUT2D eigenvalue weighted by molar-refractivity contribution is -0.137. The first-order valence-electron chi connectivity index (χ1n) is 12.6. The van der Waals surface area contributed by atoms with Gasteiger partial charge in [-0.1, -0.05) is 6.07 Å². The van der Waals surface area contributed by atoms with Gasteiger partial charge in [0.05, 0.1) is 17.7 Å². The van der Waals surface area contributed by atoms with Crippen molar-refractivity contribution in [3.8, 4) is 5.75 Å². The molecular weight excluding hydrogens is 477 g/mol. The number of hydrogen-bond acceptors (Lipinski definition) is 6. The van der Waals surface area contributed by atoms with Crippen LogP contribution in [-0.2, 0) is 4.79 Å². The van der Waals surface area contributed by atoms with E-state index >= 15 is 4.39 Å². The Balaban J connectivity index is 1.35. The van der Waals surface area contributed by atoms with E-state index in [0.29, 0.717) is 30.1 Å². The summed E-state index contributed by atoms with van der Waals surface area (Å²) in [6, 6.07) is 13.2. The van der Waals surface area contributed by atoms with Crippen molar-refractivity contribution < 1.29 is 19.0 Å². The third-order valence-electron chi connectivity index (χ3n) is 7.11. The minimum Gasteiger partial charge on any atom is -0.497 e. The Hall–Kier alpha value is -2.71. The van der Waals surface area contributed by atoms with Gasteiger partial charge in [-0.05, 0) is 86.0 Å². The molecule has 1 fully saturated rings. The molecule has 3 aromatic rings. The second-order valence-corrected chi connectivity index (χ2v) is 10.5. The van der Waals surface area contributed by atoms with E-state index in [1.807, 2.05) is 36.4 Å². The normalized spacial score (nSPS) is 19.3. The molecule has 2 aromatic heterocycles. The highest BCUT2D eigenvalue weighted by Gasteiger charge is 2.30. The summed E-state index contributed by atoms with van der Waals surface area (Å²) in [4.78, 5) is 22.4. The summed E-state index contributed by atoms with van der Waals surface area (Å²) < 4.78 is 20.8. The molecule has 0 bridgehead atoms. The van der Waals surface area contributed by atoms with Gasteiger partial charge in [-0.3, -0.25) is 9.78 Å². The van der Waals surface area contributed by atoms with Crippen molar-refractivity contribution in [1.29, 1.82) is 0 Å². The fourth-order valence-corrected chi connectivity index (χ4v) is 6.02. The van der Waals surface area contributed by atoms with Gasteiger partial charge >= 0.3 is 5.97 Å². The maximum absolute atomic E-state index is 15.5. The molecule has 0 amide bonds. The number of piperidine rings is 1. The van der Waals surface area contributed by atoms with Crippen LogP contribution in [0.1, 0.15) is 43.8 Å². The molecule has 0 unspecified atom stereocenters. The quantitative estimate of drug-likeness (QED) is 0.298. The molecule has 4 rings (SSSR count). The predicted molar refractivity (Wildman–Crippen MR) is 141 cm³/mol. The Morgan fingerprint density at radius 2 is 2.08 bits per heavy atom. The van der Waals surface area contributed by atoms with Crippen LogP contribution in [0.15, 0.2) is 59.9 Å². The molecular formula is C28H34FN3O3S. The van der Waals surface area contributed by atoms with Gasteiger partial charge in [0.1, 0.15) is 11.9 Å². The number of alkyl halides is 1. The van der Waals surface area contributed by atoms with Crippen molar-refractivity contribution in [2.75, 3.05) is 32.5 Å². The van der Waals surface area contributed by atoms with E-state index < -0.39 is 12.1 Å². The summed E-state index contributed by atoms with van der Waals surface area (Å²) in [5.74, 6) is 1.45. The third-order valence-corrected chi connectivity index (χ3v) is 8.03. The molecule has 1 aliphatic heterocycles. The van der Waals surface area contributed by atoms with Gasteiger partial charge in [0, 0.05) is 43.0 Å². The van der Waals surface area contributed by atoms with E-state index in [1.165, 1.54) is 0 Å². The van der Waals surface area contributed by atoms with Gasteiger partial charge in [0.15, 0.2) is 0 Å². The van der Waals surface area contributed by atoms with E-state index in [9.17, 15) is 9.90 Å². The maximum atomic E-state index is 15.5. The second-order valence-electron chi connectivity index (χ2n) is 9.39. The standard InChI is InChI=1S/C28H34FN3O3S/c1-35-22-7-9-26-24(18-22)23(11-14-30-26)25(29)8-5-20-12-15-32(19-21(20)6-10-28(33)34)16-17-36-27-4-2-3-13-31-27/h2-4,7,9,11,13-14,18,20-21,25H,5-6,8,10,12,15-17,19H2,1H3,(H,33,34)/t20-,21-,25-/m1/s1. The fourth-order valence-electron chi connectivity index (χ4n) is 5.15. The highest BCUT2D eigenvalue weighted by molar-refractivity contribution is 7.99. The van der Waals surface area contributed by atoms with Gasteiger partial charge in [-0.2, -0.15) is 0 Å². The van der Waals surface area contributed by atoms with Gasteiger partial charge in [0.2, 0.25) is 0 Å². The highest BCUT2D eigenvalue weighted by atomic mass is 32.2. The van der Waals surface area contributed by atoms with Crippen LogP contribution < -0.4 is 4.74 Å². The Labute approximate surface area is 216 Å². The Morgan fingerprint density at radius 3 is 2.86 bits per heavy atom. The Bertz CT molecular complexity index is 1130. The van der Waals surface area contributed by atoms with Crippen LogP contribution in [0.3, 0.4) is 0 Å². The zero-order chi connectivity index (χ0) is 25.3. The van der Waals surface area contributed by atoms with Crippen molar-refractivity contribution in [2.45, 2.75) is 43.3 Å². The number of carbonyl (C=O) groups is 1. The van der Waals surface area contributed by atoms with Crippen LogP contribution in [0.5, 0.6) is 5.75 Å². The van der Waals surface area contributed by atoms with E-state index in [1.54, 1.807) is 37.3 Å². The van der Waals surface area contributed by atoms with Crippen LogP contribution in [-0.4, -0.2) is 58.4 Å². The Kier molecular flexibility index (Phi) is 9.53. The number of fused-ring (bicyclic) bond motifs is 1. The van der Waals surface area contributed by atoms with Crippen molar-refractivity contribution in [1.82, 2.24) is 14.9 Å². The number of methoxy groups -OCH3 is 1. The summed E-state index contributed by atoms with van der Waals surface area (Å²) in [6.45, 7) is 2.77. The average molecular weight is 512 g/mol. The number of nitrogens with zero attached hydrogens (tertiary/aromatic N) is 3. The van der Waals surface area contributed by atoms with Gasteiger partial charge < -0.3 is 14.7 Å². The maximum Gasteiger partial charge on any atom is 0.303 e. The summed E-state index contributed by atoms with van der Waals surface area (Å²) in [7, 11) is 1.60. The number of rotatable bonds is 12. The molecule has 192 valence electrons. The number of pyridine rings is 2. The second kappa shape index (κ2) is 13.0. The van der Waals surface area contributed by atoms with E-state index in [2.05, 4.69) is 14.9 Å². The molecule has 0 saturated carbocycles. The first-order valence-corrected chi connectivity index (χ1v) is 13.6. The fraction of sp³-hybridized carbons (Fsp3) is 0.464. The Morgan fingerprint density at radius 1 is 1.19 bits per heavy atom. The molecule has 8 heteroatoms. The van der Waals surface area contributed by atoms with Crippen molar-refractivity contribution >= 4 is 28.6 Å². The molecule has 1 saturated heterocycles. The number of aromatic nitrogens is 2. The summed E-state index contributed by atoms with van der Waals surface area (Å²) in [5.41, 5.74) is 1.40. The van der Waals surface area contributed by atoms with E-state index in [0.717, 1.165) is 54.2 Å². The summed E-state index contributed by atoms with van der Waals surface area (Å²) in [5, 5.41) is 11.1. The number of carboxylic acids is 1. The number of benzene rings is 1. The molecule has 36 heavy (non-hydrogen) atoms. The third kappa shape index (κ3) is 7.17. The topological polar surface area (TPSA) is 75.5 Å². The van der Waals surface area contributed by atoms with Crippen LogP contribution in [0, 0.1) is 11.8 Å². The minimum absolute atomic E-state index is 0.158. The van der Waals surface area contributed by atoms with Gasteiger partial charge in [-0.25, -0.2) is 9.37 Å². The van der Waals surface area contributed by atoms with Gasteiger partial charge in [-0.15, -0.1) is 11.8 Å². The lowest BCUT2D eigenvalue weighted by atomic mass is 9.79. The zero-order valence-electron chi connectivity index (χ0n) is 20.7. The number of hydrogen-bond donors (Lipinski definition) is 1. The minimum atomic E-state index is -1.10. The van der Waals surface area contributed by atoms with Crippen LogP contribution in [0.2, 0.25) is 0 Å².